The number of nitrogens with one attached hydrogen (secondary N) is 1. The van der Waals surface area contributed by atoms with Gasteiger partial charge < -0.3 is 35.2 Å². The van der Waals surface area contributed by atoms with Crippen molar-refractivity contribution in [3.63, 3.8) is 0 Å². The predicted molar refractivity (Wildman–Crippen MR) is 218 cm³/mol. The minimum Gasteiger partial charge on any atom is -0.394 e. The molecule has 326 valence electrons. The Hall–Kier alpha value is -1.16. The van der Waals surface area contributed by atoms with Crippen molar-refractivity contribution < 1.29 is 51.8 Å². The fraction of sp³-hybridized carbons (Fsp3) is 0.929. The second kappa shape index (κ2) is 33.8. The van der Waals surface area contributed by atoms with E-state index in [-0.39, 0.29) is 18.9 Å². The van der Waals surface area contributed by atoms with Gasteiger partial charge in [0, 0.05) is 6.42 Å². The highest BCUT2D eigenvalue weighted by atomic mass is 32.3. The number of aliphatic hydroxyl groups is 4. The van der Waals surface area contributed by atoms with Crippen LogP contribution in [0, 0.1) is 0 Å². The molecule has 0 aromatic rings. The summed E-state index contributed by atoms with van der Waals surface area (Å²) in [5.41, 5.74) is 0. The third-order valence-electron chi connectivity index (χ3n) is 10.6. The summed E-state index contributed by atoms with van der Waals surface area (Å²) in [5, 5.41) is 44.5. The summed E-state index contributed by atoms with van der Waals surface area (Å²) in [4.78, 5) is 13.0. The van der Waals surface area contributed by atoms with Crippen LogP contribution in [0.5, 0.6) is 0 Å². The summed E-state index contributed by atoms with van der Waals surface area (Å²) in [6.45, 7) is 3.36. The molecule has 1 aliphatic heterocycles. The lowest BCUT2D eigenvalue weighted by molar-refractivity contribution is -0.298. The van der Waals surface area contributed by atoms with Gasteiger partial charge in [0.05, 0.1) is 25.4 Å². The molecule has 0 aromatic heterocycles. The zero-order valence-electron chi connectivity index (χ0n) is 34.5. The van der Waals surface area contributed by atoms with E-state index in [0.29, 0.717) is 6.42 Å². The third kappa shape index (κ3) is 27.2. The molecule has 7 unspecified atom stereocenters. The molecule has 0 aromatic carbocycles. The maximum absolute atomic E-state index is 13.0. The van der Waals surface area contributed by atoms with Crippen molar-refractivity contribution in [2.75, 3.05) is 13.2 Å². The van der Waals surface area contributed by atoms with Gasteiger partial charge in [-0.3, -0.25) is 9.35 Å². The molecular weight excluding hydrogens is 727 g/mol. The average Bonchev–Trinajstić information content (AvgIpc) is 3.15. The fourth-order valence-electron chi connectivity index (χ4n) is 7.10. The monoisotopic (exact) mass is 808 g/mol. The average molecular weight is 808 g/mol. The standard InChI is InChI=1S/C42H81NO11S/c1-3-5-7-9-11-13-15-16-17-18-19-20-21-22-24-26-28-30-32-38(46)43-35(36(45)31-29-27-25-23-14-12-10-8-6-4-2)34-52-42-40(48)41(54-55(49,50)51)39(47)37(33-44)53-42/h29,31,35-37,39-42,44-45,47-48H,3-28,30,32-34H2,1-2H3,(H,43,46)(H,49,50,51)/b31-29+. The van der Waals surface area contributed by atoms with Gasteiger partial charge in [-0.05, 0) is 19.3 Å². The number of amides is 1. The van der Waals surface area contributed by atoms with E-state index in [0.717, 1.165) is 38.5 Å². The van der Waals surface area contributed by atoms with Gasteiger partial charge in [-0.2, -0.15) is 8.42 Å². The minimum absolute atomic E-state index is 0.262. The van der Waals surface area contributed by atoms with E-state index >= 15 is 0 Å². The summed E-state index contributed by atoms with van der Waals surface area (Å²) < 4.78 is 47.4. The van der Waals surface area contributed by atoms with Crippen molar-refractivity contribution in [2.45, 2.75) is 236 Å². The largest absolute Gasteiger partial charge is 0.397 e. The van der Waals surface area contributed by atoms with Gasteiger partial charge in [0.2, 0.25) is 5.91 Å². The Morgan fingerprint density at radius 3 is 1.58 bits per heavy atom. The van der Waals surface area contributed by atoms with Crippen LogP contribution in [0.1, 0.15) is 194 Å². The van der Waals surface area contributed by atoms with Gasteiger partial charge in [0.25, 0.3) is 0 Å². The summed E-state index contributed by atoms with van der Waals surface area (Å²) >= 11 is 0. The zero-order chi connectivity index (χ0) is 40.6. The van der Waals surface area contributed by atoms with Gasteiger partial charge >= 0.3 is 10.4 Å². The molecule has 1 amide bonds. The van der Waals surface area contributed by atoms with Crippen molar-refractivity contribution in [2.24, 2.45) is 0 Å². The lowest BCUT2D eigenvalue weighted by Gasteiger charge is -2.41. The molecule has 7 atom stereocenters. The Labute approximate surface area is 334 Å². The maximum atomic E-state index is 13.0. The highest BCUT2D eigenvalue weighted by molar-refractivity contribution is 7.80. The minimum atomic E-state index is -5.08. The van der Waals surface area contributed by atoms with Gasteiger partial charge in [0.1, 0.15) is 24.4 Å². The number of allylic oxidation sites excluding steroid dienone is 1. The molecule has 0 bridgehead atoms. The van der Waals surface area contributed by atoms with E-state index in [4.69, 9.17) is 14.0 Å². The Kier molecular flexibility index (Phi) is 31.8. The molecule has 12 nitrogen and oxygen atoms in total. The van der Waals surface area contributed by atoms with E-state index in [2.05, 4.69) is 23.3 Å². The molecule has 1 fully saturated rings. The first-order chi connectivity index (χ1) is 26.5. The van der Waals surface area contributed by atoms with E-state index in [9.17, 15) is 33.6 Å². The van der Waals surface area contributed by atoms with Crippen LogP contribution >= 0.6 is 0 Å². The van der Waals surface area contributed by atoms with Crippen molar-refractivity contribution in [1.82, 2.24) is 5.32 Å². The first-order valence-corrected chi connectivity index (χ1v) is 23.4. The van der Waals surface area contributed by atoms with Gasteiger partial charge in [0.15, 0.2) is 6.29 Å². The molecule has 0 saturated carbocycles. The second-order valence-corrected chi connectivity index (χ2v) is 16.7. The number of carbonyl (C=O) groups is 1. The lowest BCUT2D eigenvalue weighted by atomic mass is 9.99. The molecule has 0 aliphatic carbocycles. The first-order valence-electron chi connectivity index (χ1n) is 22.1. The van der Waals surface area contributed by atoms with Crippen molar-refractivity contribution in [3.8, 4) is 0 Å². The smallest absolute Gasteiger partial charge is 0.394 e. The quantitative estimate of drug-likeness (QED) is 0.0203. The van der Waals surface area contributed by atoms with Crippen LogP contribution < -0.4 is 5.32 Å². The second-order valence-electron chi connectivity index (χ2n) is 15.6. The zero-order valence-corrected chi connectivity index (χ0v) is 35.3. The van der Waals surface area contributed by atoms with E-state index < -0.39 is 59.9 Å². The van der Waals surface area contributed by atoms with Gasteiger partial charge in [-0.1, -0.05) is 180 Å². The van der Waals surface area contributed by atoms with E-state index in [1.165, 1.54) is 128 Å². The molecule has 1 aliphatic rings. The summed E-state index contributed by atoms with van der Waals surface area (Å²) in [6.07, 6.45) is 26.9. The van der Waals surface area contributed by atoms with Crippen LogP contribution in [0.3, 0.4) is 0 Å². The normalized spacial score (nSPS) is 21.6. The van der Waals surface area contributed by atoms with Crippen LogP contribution in [-0.4, -0.2) is 95.4 Å². The number of ether oxygens (including phenoxy) is 2. The number of carbonyl (C=O) groups excluding carboxylic acids is 1. The van der Waals surface area contributed by atoms with Crippen LogP contribution in [0.15, 0.2) is 12.2 Å². The molecule has 1 heterocycles. The van der Waals surface area contributed by atoms with Crippen molar-refractivity contribution >= 4 is 16.3 Å². The van der Waals surface area contributed by atoms with Crippen molar-refractivity contribution in [3.05, 3.63) is 12.2 Å². The Bertz CT molecular complexity index is 1050. The molecule has 0 spiro atoms. The van der Waals surface area contributed by atoms with Crippen LogP contribution in [0.4, 0.5) is 0 Å². The third-order valence-corrected chi connectivity index (χ3v) is 11.0. The molecule has 1 saturated heterocycles. The summed E-state index contributed by atoms with van der Waals surface area (Å²) in [5.74, 6) is -0.262. The number of unbranched alkanes of at least 4 members (excludes halogenated alkanes) is 25. The molecule has 0 radical (unpaired) electrons. The van der Waals surface area contributed by atoms with Gasteiger partial charge in [-0.25, -0.2) is 4.18 Å². The number of hydrogen-bond acceptors (Lipinski definition) is 10. The molecule has 55 heavy (non-hydrogen) atoms. The number of aliphatic hydroxyl groups excluding tert-OH is 4. The molecule has 6 N–H and O–H groups in total. The summed E-state index contributed by atoms with van der Waals surface area (Å²) in [7, 11) is -5.08. The van der Waals surface area contributed by atoms with E-state index in [1.54, 1.807) is 6.08 Å². The Balaban J connectivity index is 2.49. The first kappa shape index (κ1) is 51.9. The van der Waals surface area contributed by atoms with Crippen LogP contribution in [0.2, 0.25) is 0 Å². The van der Waals surface area contributed by atoms with E-state index in [1.807, 2.05) is 6.08 Å². The summed E-state index contributed by atoms with van der Waals surface area (Å²) in [6, 6.07) is -0.936. The van der Waals surface area contributed by atoms with Crippen molar-refractivity contribution in [1.29, 1.82) is 0 Å². The van der Waals surface area contributed by atoms with Crippen LogP contribution in [-0.2, 0) is 28.9 Å². The van der Waals surface area contributed by atoms with Gasteiger partial charge in [-0.15, -0.1) is 0 Å². The topological polar surface area (TPSA) is 192 Å². The maximum Gasteiger partial charge on any atom is 0.397 e. The highest BCUT2D eigenvalue weighted by Gasteiger charge is 2.48. The fourth-order valence-corrected chi connectivity index (χ4v) is 7.61. The predicted octanol–water partition coefficient (Wildman–Crippen LogP) is 7.99. The molecule has 13 heteroatoms. The number of hydrogen-bond donors (Lipinski definition) is 6. The Morgan fingerprint density at radius 1 is 0.709 bits per heavy atom. The molecular formula is C42H81NO11S. The number of rotatable bonds is 37. The Morgan fingerprint density at radius 2 is 1.15 bits per heavy atom. The lowest BCUT2D eigenvalue weighted by Crippen LogP contribution is -2.61. The molecule has 1 rings (SSSR count). The SMILES string of the molecule is CCCCCCCCCC/C=C/C(O)C(COC1OC(CO)C(O)C(OS(=O)(=O)O)C1O)NC(=O)CCCCCCCCCCCCCCCCCCCC. The highest BCUT2D eigenvalue weighted by Crippen LogP contribution is 2.26. The van der Waals surface area contributed by atoms with Crippen LogP contribution in [0.25, 0.3) is 0 Å².